The summed E-state index contributed by atoms with van der Waals surface area (Å²) in [6.45, 7) is 4.35. The smallest absolute Gasteiger partial charge is 0.243 e. The third-order valence-electron chi connectivity index (χ3n) is 5.84. The van der Waals surface area contributed by atoms with Crippen molar-refractivity contribution in [2.24, 2.45) is 5.92 Å². The molecule has 0 bridgehead atoms. The maximum atomic E-state index is 12.9. The Hall–Kier alpha value is -2.78. The summed E-state index contributed by atoms with van der Waals surface area (Å²) in [5.74, 6) is 1.48. The van der Waals surface area contributed by atoms with E-state index in [4.69, 9.17) is 9.47 Å². The van der Waals surface area contributed by atoms with Crippen molar-refractivity contribution in [2.45, 2.75) is 37.6 Å². The van der Waals surface area contributed by atoms with Gasteiger partial charge in [0.1, 0.15) is 11.5 Å². The summed E-state index contributed by atoms with van der Waals surface area (Å²) >= 11 is 0. The monoisotopic (exact) mass is 475 g/mol. The fourth-order valence-corrected chi connectivity index (χ4v) is 5.30. The molecule has 0 spiro atoms. The van der Waals surface area contributed by atoms with Crippen molar-refractivity contribution in [3.8, 4) is 11.5 Å². The third-order valence-corrected chi connectivity index (χ3v) is 7.88. The fourth-order valence-electron chi connectivity index (χ4n) is 3.81. The minimum Gasteiger partial charge on any atom is -0.497 e. The minimum atomic E-state index is -3.62. The topological polar surface area (TPSA) is 97.0 Å². The zero-order valence-electron chi connectivity index (χ0n) is 19.6. The van der Waals surface area contributed by atoms with Gasteiger partial charge in [0.2, 0.25) is 15.9 Å². The lowest BCUT2D eigenvalue weighted by atomic mass is 10.0. The van der Waals surface area contributed by atoms with Gasteiger partial charge in [-0.1, -0.05) is 26.0 Å². The number of anilines is 1. The van der Waals surface area contributed by atoms with Crippen LogP contribution in [0.5, 0.6) is 11.5 Å². The highest BCUT2D eigenvalue weighted by atomic mass is 32.2. The zero-order chi connectivity index (χ0) is 24.0. The lowest BCUT2D eigenvalue weighted by Gasteiger charge is -2.21. The lowest BCUT2D eigenvalue weighted by molar-refractivity contribution is -0.120. The highest BCUT2D eigenvalue weighted by molar-refractivity contribution is 7.89. The summed E-state index contributed by atoms with van der Waals surface area (Å²) < 4.78 is 37.7. The third kappa shape index (κ3) is 5.97. The molecular weight excluding hydrogens is 442 g/mol. The molecule has 0 aromatic heterocycles. The van der Waals surface area contributed by atoms with Gasteiger partial charge < -0.3 is 20.1 Å². The molecule has 1 aliphatic carbocycles. The van der Waals surface area contributed by atoms with Crippen molar-refractivity contribution in [3.63, 3.8) is 0 Å². The van der Waals surface area contributed by atoms with Crippen molar-refractivity contribution in [3.05, 3.63) is 48.0 Å². The Morgan fingerprint density at radius 1 is 1.06 bits per heavy atom. The van der Waals surface area contributed by atoms with E-state index in [1.807, 2.05) is 24.3 Å². The minimum absolute atomic E-state index is 0.00942. The molecule has 180 valence electrons. The van der Waals surface area contributed by atoms with E-state index in [1.165, 1.54) is 23.5 Å². The average Bonchev–Trinajstić information content (AvgIpc) is 3.67. The van der Waals surface area contributed by atoms with E-state index in [2.05, 4.69) is 10.6 Å². The summed E-state index contributed by atoms with van der Waals surface area (Å²) in [7, 11) is -0.496. The average molecular weight is 476 g/mol. The van der Waals surface area contributed by atoms with Crippen molar-refractivity contribution < 1.29 is 22.7 Å². The first kappa shape index (κ1) is 24.9. The van der Waals surface area contributed by atoms with Gasteiger partial charge in [0.15, 0.2) is 0 Å². The molecule has 1 aliphatic rings. The van der Waals surface area contributed by atoms with Crippen LogP contribution in [0, 0.1) is 5.92 Å². The Morgan fingerprint density at radius 3 is 2.27 bits per heavy atom. The van der Waals surface area contributed by atoms with E-state index < -0.39 is 10.0 Å². The maximum Gasteiger partial charge on any atom is 0.243 e. The number of hydrogen-bond donors (Lipinski definition) is 2. The molecule has 33 heavy (non-hydrogen) atoms. The molecule has 9 heteroatoms. The SMILES string of the molecule is CCN(CC)S(=O)(=O)c1ccc(OC)c(NCC(=O)NC(c2ccc(OC)cc2)C2CC2)c1. The van der Waals surface area contributed by atoms with Crippen LogP contribution >= 0.6 is 0 Å². The van der Waals surface area contributed by atoms with Gasteiger partial charge in [0, 0.05) is 13.1 Å². The summed E-state index contributed by atoms with van der Waals surface area (Å²) in [6.07, 6.45) is 2.15. The molecule has 1 unspecified atom stereocenters. The number of carbonyl (C=O) groups excluding carboxylic acids is 1. The van der Waals surface area contributed by atoms with Gasteiger partial charge in [-0.2, -0.15) is 4.31 Å². The fraction of sp³-hybridized carbons (Fsp3) is 0.458. The first-order valence-electron chi connectivity index (χ1n) is 11.2. The van der Waals surface area contributed by atoms with Crippen molar-refractivity contribution in [2.75, 3.05) is 39.2 Å². The van der Waals surface area contributed by atoms with Gasteiger partial charge in [0.05, 0.1) is 37.4 Å². The van der Waals surface area contributed by atoms with Gasteiger partial charge in [-0.15, -0.1) is 0 Å². The largest absolute Gasteiger partial charge is 0.497 e. The van der Waals surface area contributed by atoms with Crippen molar-refractivity contribution in [1.82, 2.24) is 9.62 Å². The van der Waals surface area contributed by atoms with E-state index in [0.29, 0.717) is 30.4 Å². The molecule has 1 atom stereocenters. The predicted octanol–water partition coefficient (Wildman–Crippen LogP) is 3.41. The number of sulfonamides is 1. The molecule has 0 saturated heterocycles. The number of ether oxygens (including phenoxy) is 2. The van der Waals surface area contributed by atoms with E-state index in [0.717, 1.165) is 24.2 Å². The molecule has 3 rings (SSSR count). The molecule has 1 fully saturated rings. The molecule has 1 amide bonds. The van der Waals surface area contributed by atoms with Crippen LogP contribution < -0.4 is 20.1 Å². The Balaban J connectivity index is 1.71. The van der Waals surface area contributed by atoms with Crippen LogP contribution in [0.1, 0.15) is 38.3 Å². The molecule has 0 radical (unpaired) electrons. The standard InChI is InChI=1S/C24H33N3O5S/c1-5-27(6-2)33(29,30)20-13-14-22(32-4)21(15-20)25-16-23(28)26-24(17-7-8-17)18-9-11-19(31-3)12-10-18/h9-15,17,24-25H,5-8,16H2,1-4H3,(H,26,28). The summed E-state index contributed by atoms with van der Waals surface area (Å²) in [6, 6.07) is 12.3. The van der Waals surface area contributed by atoms with Gasteiger partial charge >= 0.3 is 0 Å². The molecule has 8 nitrogen and oxygen atoms in total. The van der Waals surface area contributed by atoms with E-state index in [1.54, 1.807) is 27.0 Å². The molecule has 2 aromatic rings. The molecule has 2 aromatic carbocycles. The van der Waals surface area contributed by atoms with Crippen LogP contribution in [0.2, 0.25) is 0 Å². The first-order valence-corrected chi connectivity index (χ1v) is 12.6. The van der Waals surface area contributed by atoms with Gasteiger partial charge in [-0.3, -0.25) is 4.79 Å². The van der Waals surface area contributed by atoms with Crippen LogP contribution in [-0.4, -0.2) is 52.5 Å². The van der Waals surface area contributed by atoms with E-state index in [-0.39, 0.29) is 23.4 Å². The first-order chi connectivity index (χ1) is 15.8. The number of hydrogen-bond acceptors (Lipinski definition) is 6. The number of nitrogens with zero attached hydrogens (tertiary/aromatic N) is 1. The molecule has 0 aliphatic heterocycles. The van der Waals surface area contributed by atoms with Crippen LogP contribution in [-0.2, 0) is 14.8 Å². The molecule has 0 heterocycles. The van der Waals surface area contributed by atoms with Crippen LogP contribution in [0.3, 0.4) is 0 Å². The van der Waals surface area contributed by atoms with Gasteiger partial charge in [-0.05, 0) is 54.7 Å². The predicted molar refractivity (Wildman–Crippen MR) is 128 cm³/mol. The van der Waals surface area contributed by atoms with Crippen LogP contribution in [0.25, 0.3) is 0 Å². The summed E-state index contributed by atoms with van der Waals surface area (Å²) in [4.78, 5) is 12.9. The highest BCUT2D eigenvalue weighted by Gasteiger charge is 2.33. The molecule has 2 N–H and O–H groups in total. The second kappa shape index (κ2) is 10.9. The van der Waals surface area contributed by atoms with Crippen molar-refractivity contribution >= 4 is 21.6 Å². The number of carbonyl (C=O) groups is 1. The normalized spacial score (nSPS) is 14.6. The Labute approximate surface area is 196 Å². The maximum absolute atomic E-state index is 12.9. The van der Waals surface area contributed by atoms with E-state index >= 15 is 0 Å². The second-order valence-corrected chi connectivity index (χ2v) is 9.90. The van der Waals surface area contributed by atoms with Crippen LogP contribution in [0.4, 0.5) is 5.69 Å². The Morgan fingerprint density at radius 2 is 1.73 bits per heavy atom. The summed E-state index contributed by atoms with van der Waals surface area (Å²) in [5.41, 5.74) is 1.49. The lowest BCUT2D eigenvalue weighted by Crippen LogP contribution is -2.34. The van der Waals surface area contributed by atoms with Gasteiger partial charge in [-0.25, -0.2) is 8.42 Å². The molecular formula is C24H33N3O5S. The second-order valence-electron chi connectivity index (χ2n) is 7.96. The zero-order valence-corrected chi connectivity index (χ0v) is 20.4. The number of nitrogens with one attached hydrogen (secondary N) is 2. The highest BCUT2D eigenvalue weighted by Crippen LogP contribution is 2.41. The van der Waals surface area contributed by atoms with Crippen molar-refractivity contribution in [1.29, 1.82) is 0 Å². The number of amides is 1. The molecule has 1 saturated carbocycles. The number of methoxy groups -OCH3 is 2. The van der Waals surface area contributed by atoms with Crippen LogP contribution in [0.15, 0.2) is 47.4 Å². The summed E-state index contributed by atoms with van der Waals surface area (Å²) in [5, 5.41) is 6.16. The van der Waals surface area contributed by atoms with Gasteiger partial charge in [0.25, 0.3) is 0 Å². The van der Waals surface area contributed by atoms with E-state index in [9.17, 15) is 13.2 Å². The number of benzene rings is 2. The quantitative estimate of drug-likeness (QED) is 0.488. The Kier molecular flexibility index (Phi) is 8.20. The Bertz CT molecular complexity index is 1050. The number of rotatable bonds is 12.